The van der Waals surface area contributed by atoms with Gasteiger partial charge in [0.2, 0.25) is 11.8 Å². The lowest BCUT2D eigenvalue weighted by Crippen LogP contribution is -1.79. The number of hydrogen-bond donors (Lipinski definition) is 0. The molecule has 4 rings (SSSR count). The van der Waals surface area contributed by atoms with Gasteiger partial charge < -0.3 is 4.42 Å². The zero-order valence-electron chi connectivity index (χ0n) is 11.5. The van der Waals surface area contributed by atoms with Crippen molar-refractivity contribution in [3.8, 4) is 22.9 Å². The SMILES string of the molecule is Brc1ccc(-c2nnc(-c3ccc4ccccc4c3)o2)cc1. The van der Waals surface area contributed by atoms with Gasteiger partial charge in [-0.15, -0.1) is 10.2 Å². The summed E-state index contributed by atoms with van der Waals surface area (Å²) in [5, 5.41) is 10.7. The van der Waals surface area contributed by atoms with Crippen LogP contribution in [-0.4, -0.2) is 10.2 Å². The molecular weight excluding hydrogens is 340 g/mol. The van der Waals surface area contributed by atoms with Gasteiger partial charge in [0.05, 0.1) is 0 Å². The molecule has 0 aliphatic rings. The average Bonchev–Trinajstić information content (AvgIpc) is 3.05. The summed E-state index contributed by atoms with van der Waals surface area (Å²) < 4.78 is 6.83. The lowest BCUT2D eigenvalue weighted by Gasteiger charge is -1.99. The fourth-order valence-electron chi connectivity index (χ4n) is 2.37. The van der Waals surface area contributed by atoms with E-state index in [0.29, 0.717) is 11.8 Å². The van der Waals surface area contributed by atoms with Gasteiger partial charge in [0.15, 0.2) is 0 Å². The van der Waals surface area contributed by atoms with E-state index >= 15 is 0 Å². The first-order chi connectivity index (χ1) is 10.8. The largest absolute Gasteiger partial charge is 0.416 e. The van der Waals surface area contributed by atoms with Gasteiger partial charge in [0.25, 0.3) is 0 Å². The smallest absolute Gasteiger partial charge is 0.248 e. The van der Waals surface area contributed by atoms with E-state index in [1.54, 1.807) is 0 Å². The van der Waals surface area contributed by atoms with Crippen molar-refractivity contribution in [2.45, 2.75) is 0 Å². The number of benzene rings is 3. The number of aromatic nitrogens is 2. The Morgan fingerprint density at radius 1 is 0.682 bits per heavy atom. The Balaban J connectivity index is 1.74. The molecule has 22 heavy (non-hydrogen) atoms. The van der Waals surface area contributed by atoms with Crippen LogP contribution in [0.3, 0.4) is 0 Å². The second kappa shape index (κ2) is 5.39. The van der Waals surface area contributed by atoms with Crippen molar-refractivity contribution < 1.29 is 4.42 Å². The lowest BCUT2D eigenvalue weighted by atomic mass is 10.1. The summed E-state index contributed by atoms with van der Waals surface area (Å²) in [6.07, 6.45) is 0. The molecular formula is C18H11BrN2O. The maximum atomic E-state index is 5.81. The van der Waals surface area contributed by atoms with Crippen molar-refractivity contribution in [1.82, 2.24) is 10.2 Å². The predicted molar refractivity (Wildman–Crippen MR) is 90.4 cm³/mol. The van der Waals surface area contributed by atoms with Gasteiger partial charge >= 0.3 is 0 Å². The van der Waals surface area contributed by atoms with Gasteiger partial charge in [0, 0.05) is 15.6 Å². The first-order valence-electron chi connectivity index (χ1n) is 6.88. The second-order valence-electron chi connectivity index (χ2n) is 4.98. The highest BCUT2D eigenvalue weighted by Crippen LogP contribution is 2.27. The molecule has 0 unspecified atom stereocenters. The molecule has 0 radical (unpaired) electrons. The summed E-state index contributed by atoms with van der Waals surface area (Å²) >= 11 is 3.42. The Morgan fingerprint density at radius 3 is 2.09 bits per heavy atom. The van der Waals surface area contributed by atoms with Crippen LogP contribution in [0.4, 0.5) is 0 Å². The summed E-state index contributed by atoms with van der Waals surface area (Å²) in [5.74, 6) is 1.05. The molecule has 1 heterocycles. The van der Waals surface area contributed by atoms with Crippen molar-refractivity contribution in [3.05, 3.63) is 71.2 Å². The number of hydrogen-bond acceptors (Lipinski definition) is 3. The Bertz CT molecular complexity index is 945. The van der Waals surface area contributed by atoms with E-state index in [1.165, 1.54) is 5.39 Å². The number of fused-ring (bicyclic) bond motifs is 1. The minimum Gasteiger partial charge on any atom is -0.416 e. The molecule has 0 aliphatic carbocycles. The van der Waals surface area contributed by atoms with E-state index < -0.39 is 0 Å². The normalized spacial score (nSPS) is 11.0. The van der Waals surface area contributed by atoms with Crippen LogP contribution in [0, 0.1) is 0 Å². The second-order valence-corrected chi connectivity index (χ2v) is 5.90. The molecule has 3 aromatic carbocycles. The highest BCUT2D eigenvalue weighted by atomic mass is 79.9. The molecule has 3 nitrogen and oxygen atoms in total. The third kappa shape index (κ3) is 2.42. The molecule has 0 N–H and O–H groups in total. The Morgan fingerprint density at radius 2 is 1.32 bits per heavy atom. The lowest BCUT2D eigenvalue weighted by molar-refractivity contribution is 0.584. The van der Waals surface area contributed by atoms with Gasteiger partial charge in [0.1, 0.15) is 0 Å². The van der Waals surface area contributed by atoms with E-state index in [9.17, 15) is 0 Å². The summed E-state index contributed by atoms with van der Waals surface area (Å²) in [4.78, 5) is 0. The van der Waals surface area contributed by atoms with E-state index in [0.717, 1.165) is 21.0 Å². The van der Waals surface area contributed by atoms with Crippen LogP contribution in [-0.2, 0) is 0 Å². The van der Waals surface area contributed by atoms with Crippen molar-refractivity contribution >= 4 is 26.7 Å². The van der Waals surface area contributed by atoms with Crippen LogP contribution in [0.2, 0.25) is 0 Å². The molecule has 0 atom stereocenters. The molecule has 0 aliphatic heterocycles. The number of rotatable bonds is 2. The van der Waals surface area contributed by atoms with E-state index in [4.69, 9.17) is 4.42 Å². The van der Waals surface area contributed by atoms with Crippen molar-refractivity contribution in [1.29, 1.82) is 0 Å². The molecule has 1 aromatic heterocycles. The van der Waals surface area contributed by atoms with E-state index in [-0.39, 0.29) is 0 Å². The average molecular weight is 351 g/mol. The summed E-state index contributed by atoms with van der Waals surface area (Å²) in [5.41, 5.74) is 1.83. The Hall–Kier alpha value is -2.46. The van der Waals surface area contributed by atoms with Crippen LogP contribution in [0.1, 0.15) is 0 Å². The highest BCUT2D eigenvalue weighted by Gasteiger charge is 2.10. The van der Waals surface area contributed by atoms with Gasteiger partial charge in [-0.2, -0.15) is 0 Å². The third-order valence-electron chi connectivity index (χ3n) is 3.51. The third-order valence-corrected chi connectivity index (χ3v) is 4.04. The molecule has 0 spiro atoms. The molecule has 0 fully saturated rings. The van der Waals surface area contributed by atoms with Gasteiger partial charge in [-0.05, 0) is 47.2 Å². The molecule has 0 saturated heterocycles. The maximum Gasteiger partial charge on any atom is 0.248 e. The summed E-state index contributed by atoms with van der Waals surface area (Å²) in [7, 11) is 0. The Kier molecular flexibility index (Phi) is 3.24. The molecule has 0 amide bonds. The quantitative estimate of drug-likeness (QED) is 0.491. The molecule has 106 valence electrons. The molecule has 0 bridgehead atoms. The van der Waals surface area contributed by atoms with Gasteiger partial charge in [-0.25, -0.2) is 0 Å². The molecule has 4 heteroatoms. The monoisotopic (exact) mass is 350 g/mol. The first kappa shape index (κ1) is 13.2. The highest BCUT2D eigenvalue weighted by molar-refractivity contribution is 9.10. The number of nitrogens with zero attached hydrogens (tertiary/aromatic N) is 2. The fraction of sp³-hybridized carbons (Fsp3) is 0. The fourth-order valence-corrected chi connectivity index (χ4v) is 2.64. The van der Waals surface area contributed by atoms with Crippen LogP contribution in [0.15, 0.2) is 75.6 Å². The predicted octanol–water partition coefficient (Wildman–Crippen LogP) is 5.32. The first-order valence-corrected chi connectivity index (χ1v) is 7.67. The molecule has 4 aromatic rings. The van der Waals surface area contributed by atoms with E-state index in [2.05, 4.69) is 50.4 Å². The van der Waals surface area contributed by atoms with Crippen LogP contribution < -0.4 is 0 Å². The zero-order chi connectivity index (χ0) is 14.9. The van der Waals surface area contributed by atoms with Gasteiger partial charge in [-0.3, -0.25) is 0 Å². The standard InChI is InChI=1S/C18H11BrN2O/c19-16-9-7-13(8-10-16)17-20-21-18(22-17)15-6-5-12-3-1-2-4-14(12)11-15/h1-11H. The minimum absolute atomic E-state index is 0.524. The molecule has 0 saturated carbocycles. The number of halogens is 1. The zero-order valence-corrected chi connectivity index (χ0v) is 13.1. The van der Waals surface area contributed by atoms with Crippen LogP contribution >= 0.6 is 15.9 Å². The maximum absolute atomic E-state index is 5.81. The van der Waals surface area contributed by atoms with E-state index in [1.807, 2.05) is 42.5 Å². The van der Waals surface area contributed by atoms with Crippen molar-refractivity contribution in [2.75, 3.05) is 0 Å². The van der Waals surface area contributed by atoms with Gasteiger partial charge in [-0.1, -0.05) is 46.3 Å². The Labute approximate surface area is 135 Å². The van der Waals surface area contributed by atoms with Crippen molar-refractivity contribution in [3.63, 3.8) is 0 Å². The van der Waals surface area contributed by atoms with Crippen molar-refractivity contribution in [2.24, 2.45) is 0 Å². The van der Waals surface area contributed by atoms with Crippen LogP contribution in [0.25, 0.3) is 33.7 Å². The minimum atomic E-state index is 0.524. The summed E-state index contributed by atoms with van der Waals surface area (Å²) in [6.45, 7) is 0. The topological polar surface area (TPSA) is 38.9 Å². The summed E-state index contributed by atoms with van der Waals surface area (Å²) in [6, 6.07) is 22.1. The van der Waals surface area contributed by atoms with Crippen LogP contribution in [0.5, 0.6) is 0 Å².